The van der Waals surface area contributed by atoms with Crippen molar-refractivity contribution in [2.75, 3.05) is 0 Å². The molecule has 0 unspecified atom stereocenters. The van der Waals surface area contributed by atoms with Gasteiger partial charge in [-0.3, -0.25) is 4.98 Å². The number of hydrogen-bond donors (Lipinski definition) is 0. The Hall–Kier alpha value is -2.02. The molecule has 2 rings (SSSR count). The van der Waals surface area contributed by atoms with Gasteiger partial charge in [0.15, 0.2) is 0 Å². The number of pyridine rings is 1. The molecule has 0 saturated heterocycles. The van der Waals surface area contributed by atoms with Crippen molar-refractivity contribution in [1.82, 2.24) is 4.98 Å². The molecule has 2 aromatic rings. The number of rotatable bonds is 2. The predicted molar refractivity (Wildman–Crippen MR) is 73.2 cm³/mol. The van der Waals surface area contributed by atoms with E-state index in [1.54, 1.807) is 24.4 Å². The van der Waals surface area contributed by atoms with Crippen molar-refractivity contribution in [3.05, 3.63) is 41.6 Å². The number of hydrogen-bond acceptors (Lipinski definition) is 1. The zero-order valence-corrected chi connectivity index (χ0v) is 11.3. The first-order chi connectivity index (χ1) is 9.35. The number of fused-ring (bicyclic) bond motifs is 1. The number of aromatic nitrogens is 1. The fourth-order valence-electron chi connectivity index (χ4n) is 2.04. The second-order valence-electron chi connectivity index (χ2n) is 5.05. The molecule has 1 nitrogen and oxygen atoms in total. The fourth-order valence-corrected chi connectivity index (χ4v) is 2.04. The highest BCUT2D eigenvalue weighted by Gasteiger charge is 2.22. The number of alkyl halides is 3. The Balaban J connectivity index is 2.48. The first-order valence-electron chi connectivity index (χ1n) is 6.33. The molecule has 1 aromatic heterocycles. The molecule has 0 bridgehead atoms. The van der Waals surface area contributed by atoms with Crippen molar-refractivity contribution < 1.29 is 13.2 Å². The summed E-state index contributed by atoms with van der Waals surface area (Å²) in [7, 11) is 0. The topological polar surface area (TPSA) is 12.9 Å². The van der Waals surface area contributed by atoms with E-state index in [-0.39, 0.29) is 0 Å². The SMILES string of the molecule is CC(C)Cc1ccnc2ccc(C#CC(F)(F)F)cc12. The lowest BCUT2D eigenvalue weighted by molar-refractivity contribution is -0.0696. The molecule has 104 valence electrons. The second-order valence-corrected chi connectivity index (χ2v) is 5.05. The summed E-state index contributed by atoms with van der Waals surface area (Å²) >= 11 is 0. The highest BCUT2D eigenvalue weighted by Crippen LogP contribution is 2.21. The van der Waals surface area contributed by atoms with E-state index in [2.05, 4.69) is 24.8 Å². The third-order valence-electron chi connectivity index (χ3n) is 2.81. The van der Waals surface area contributed by atoms with Gasteiger partial charge in [-0.05, 0) is 42.2 Å². The van der Waals surface area contributed by atoms with Gasteiger partial charge in [-0.25, -0.2) is 0 Å². The summed E-state index contributed by atoms with van der Waals surface area (Å²) < 4.78 is 36.4. The molecular weight excluding hydrogens is 263 g/mol. The molecule has 0 aliphatic heterocycles. The van der Waals surface area contributed by atoms with E-state index in [0.29, 0.717) is 11.5 Å². The predicted octanol–water partition coefficient (Wildman–Crippen LogP) is 4.35. The van der Waals surface area contributed by atoms with Gasteiger partial charge in [-0.15, -0.1) is 0 Å². The third-order valence-corrected chi connectivity index (χ3v) is 2.81. The maximum absolute atomic E-state index is 12.1. The van der Waals surface area contributed by atoms with Gasteiger partial charge in [0.25, 0.3) is 0 Å². The molecule has 4 heteroatoms. The average molecular weight is 277 g/mol. The van der Waals surface area contributed by atoms with Crippen LogP contribution in [0.2, 0.25) is 0 Å². The van der Waals surface area contributed by atoms with Gasteiger partial charge in [0, 0.05) is 23.1 Å². The third kappa shape index (κ3) is 3.74. The van der Waals surface area contributed by atoms with Crippen LogP contribution in [0.1, 0.15) is 25.0 Å². The van der Waals surface area contributed by atoms with E-state index in [1.165, 1.54) is 5.92 Å². The van der Waals surface area contributed by atoms with Crippen LogP contribution in [0.25, 0.3) is 10.9 Å². The quantitative estimate of drug-likeness (QED) is 0.744. The molecule has 0 saturated carbocycles. The Morgan fingerprint density at radius 3 is 2.60 bits per heavy atom. The Morgan fingerprint density at radius 2 is 1.95 bits per heavy atom. The molecule has 1 heterocycles. The van der Waals surface area contributed by atoms with Crippen molar-refractivity contribution in [2.45, 2.75) is 26.4 Å². The van der Waals surface area contributed by atoms with Crippen LogP contribution in [0.5, 0.6) is 0 Å². The molecular formula is C16H14F3N. The molecule has 0 aliphatic rings. The molecule has 0 spiro atoms. The van der Waals surface area contributed by atoms with Crippen molar-refractivity contribution in [3.63, 3.8) is 0 Å². The number of nitrogens with zero attached hydrogens (tertiary/aromatic N) is 1. The molecule has 1 aromatic carbocycles. The molecule has 0 N–H and O–H groups in total. The second kappa shape index (κ2) is 5.54. The minimum absolute atomic E-state index is 0.354. The van der Waals surface area contributed by atoms with Gasteiger partial charge in [-0.2, -0.15) is 13.2 Å². The lowest BCUT2D eigenvalue weighted by atomic mass is 9.98. The maximum atomic E-state index is 12.1. The van der Waals surface area contributed by atoms with Gasteiger partial charge >= 0.3 is 6.18 Å². The molecule has 20 heavy (non-hydrogen) atoms. The van der Waals surface area contributed by atoms with Crippen LogP contribution in [-0.2, 0) is 6.42 Å². The summed E-state index contributed by atoms with van der Waals surface area (Å²) in [6.07, 6.45) is -1.89. The lowest BCUT2D eigenvalue weighted by Gasteiger charge is -2.08. The van der Waals surface area contributed by atoms with Gasteiger partial charge in [0.05, 0.1) is 5.52 Å². The van der Waals surface area contributed by atoms with E-state index in [0.717, 1.165) is 22.9 Å². The van der Waals surface area contributed by atoms with E-state index in [9.17, 15) is 13.2 Å². The molecule has 0 amide bonds. The van der Waals surface area contributed by atoms with Crippen molar-refractivity contribution in [1.29, 1.82) is 0 Å². The summed E-state index contributed by atoms with van der Waals surface area (Å²) in [6.45, 7) is 4.19. The van der Waals surface area contributed by atoms with Crippen LogP contribution in [-0.4, -0.2) is 11.2 Å². The highest BCUT2D eigenvalue weighted by atomic mass is 19.4. The minimum atomic E-state index is -4.47. The van der Waals surface area contributed by atoms with Crippen molar-refractivity contribution >= 4 is 10.9 Å². The number of halogens is 3. The summed E-state index contributed by atoms with van der Waals surface area (Å²) in [5.41, 5.74) is 2.22. The maximum Gasteiger partial charge on any atom is 0.458 e. The standard InChI is InChI=1S/C16H14F3N/c1-11(2)9-13-6-8-20-15-4-3-12(10-14(13)15)5-7-16(17,18)19/h3-4,6,8,10-11H,9H2,1-2H3. The lowest BCUT2D eigenvalue weighted by Crippen LogP contribution is -2.01. The Morgan fingerprint density at radius 1 is 1.20 bits per heavy atom. The molecule has 0 aliphatic carbocycles. The zero-order valence-electron chi connectivity index (χ0n) is 11.3. The Kier molecular flexibility index (Phi) is 3.99. The summed E-state index contributed by atoms with van der Waals surface area (Å²) in [6, 6.07) is 6.86. The minimum Gasteiger partial charge on any atom is -0.256 e. The molecule has 0 atom stereocenters. The molecule has 0 radical (unpaired) electrons. The number of benzene rings is 1. The summed E-state index contributed by atoms with van der Waals surface area (Å²) in [4.78, 5) is 4.23. The van der Waals surface area contributed by atoms with Gasteiger partial charge < -0.3 is 0 Å². The van der Waals surface area contributed by atoms with Gasteiger partial charge in [0.1, 0.15) is 0 Å². The highest BCUT2D eigenvalue weighted by molar-refractivity contribution is 5.83. The first-order valence-corrected chi connectivity index (χ1v) is 6.33. The van der Waals surface area contributed by atoms with E-state index in [1.807, 2.05) is 6.07 Å². The Bertz CT molecular complexity index is 675. The van der Waals surface area contributed by atoms with Crippen LogP contribution in [0.15, 0.2) is 30.5 Å². The largest absolute Gasteiger partial charge is 0.458 e. The average Bonchev–Trinajstić information content (AvgIpc) is 2.35. The van der Waals surface area contributed by atoms with Crippen LogP contribution in [0.3, 0.4) is 0 Å². The van der Waals surface area contributed by atoms with Crippen molar-refractivity contribution in [3.8, 4) is 11.8 Å². The van der Waals surface area contributed by atoms with Crippen molar-refractivity contribution in [2.24, 2.45) is 5.92 Å². The van der Waals surface area contributed by atoms with E-state index >= 15 is 0 Å². The zero-order chi connectivity index (χ0) is 14.8. The van der Waals surface area contributed by atoms with Gasteiger partial charge in [-0.1, -0.05) is 19.8 Å². The molecule has 0 fully saturated rings. The van der Waals surface area contributed by atoms with E-state index in [4.69, 9.17) is 0 Å². The van der Waals surface area contributed by atoms with Crippen LogP contribution < -0.4 is 0 Å². The first kappa shape index (κ1) is 14.4. The summed E-state index contributed by atoms with van der Waals surface area (Å²) in [5, 5.41) is 0.871. The van der Waals surface area contributed by atoms with E-state index < -0.39 is 6.18 Å². The normalized spacial score (nSPS) is 11.5. The fraction of sp³-hybridized carbons (Fsp3) is 0.312. The van der Waals surface area contributed by atoms with Crippen LogP contribution in [0, 0.1) is 17.8 Å². The monoisotopic (exact) mass is 277 g/mol. The smallest absolute Gasteiger partial charge is 0.256 e. The summed E-state index contributed by atoms with van der Waals surface area (Å²) in [5.74, 6) is 3.91. The Labute approximate surface area is 115 Å². The van der Waals surface area contributed by atoms with Crippen LogP contribution >= 0.6 is 0 Å². The van der Waals surface area contributed by atoms with Gasteiger partial charge in [0.2, 0.25) is 0 Å². The van der Waals surface area contributed by atoms with Crippen LogP contribution in [0.4, 0.5) is 13.2 Å².